The van der Waals surface area contributed by atoms with Crippen molar-refractivity contribution in [3.8, 4) is 0 Å². The number of halogens is 1. The summed E-state index contributed by atoms with van der Waals surface area (Å²) in [4.78, 5) is 18.0. The molecule has 0 aromatic carbocycles. The van der Waals surface area contributed by atoms with Crippen molar-refractivity contribution in [1.82, 2.24) is 14.5 Å². The monoisotopic (exact) mass is 302 g/mol. The van der Waals surface area contributed by atoms with Crippen molar-refractivity contribution >= 4 is 18.3 Å². The Kier molecular flexibility index (Phi) is 8.49. The molecule has 0 saturated heterocycles. The van der Waals surface area contributed by atoms with Crippen molar-refractivity contribution in [3.05, 3.63) is 18.2 Å². The first-order valence-electron chi connectivity index (χ1n) is 6.95. The fourth-order valence-electron chi connectivity index (χ4n) is 1.98. The highest BCUT2D eigenvalue weighted by molar-refractivity contribution is 5.85. The zero-order chi connectivity index (χ0) is 14.4. The van der Waals surface area contributed by atoms with Gasteiger partial charge >= 0.3 is 0 Å². The molecule has 5 nitrogen and oxygen atoms in total. The first kappa shape index (κ1) is 18.9. The predicted molar refractivity (Wildman–Crippen MR) is 83.9 cm³/mol. The summed E-state index contributed by atoms with van der Waals surface area (Å²) in [5.41, 5.74) is 5.96. The first-order valence-corrected chi connectivity index (χ1v) is 6.95. The van der Waals surface area contributed by atoms with Crippen LogP contribution in [0.25, 0.3) is 0 Å². The largest absolute Gasteiger partial charge is 0.344 e. The quantitative estimate of drug-likeness (QED) is 0.836. The predicted octanol–water partition coefficient (Wildman–Crippen LogP) is 1.84. The second-order valence-electron chi connectivity index (χ2n) is 5.19. The van der Waals surface area contributed by atoms with Gasteiger partial charge < -0.3 is 15.2 Å². The summed E-state index contributed by atoms with van der Waals surface area (Å²) in [6.45, 7) is 7.65. The third kappa shape index (κ3) is 5.13. The standard InChI is InChI=1S/C14H26N4O.ClH/c1-5-11(2)13(15)14(19)17(4)8-6-9-18-10-7-16-12(18)3;/h7,10-11,13H,5-6,8-9,15H2,1-4H3;1H. The van der Waals surface area contributed by atoms with E-state index < -0.39 is 0 Å². The number of carbonyl (C=O) groups excluding carboxylic acids is 1. The first-order chi connectivity index (χ1) is 8.97. The van der Waals surface area contributed by atoms with Gasteiger partial charge in [-0.3, -0.25) is 4.79 Å². The molecule has 0 radical (unpaired) electrons. The number of aryl methyl sites for hydroxylation is 2. The molecule has 1 aromatic rings. The Balaban J connectivity index is 0.00000361. The van der Waals surface area contributed by atoms with Crippen molar-refractivity contribution in [2.45, 2.75) is 46.2 Å². The van der Waals surface area contributed by atoms with Crippen molar-refractivity contribution < 1.29 is 4.79 Å². The summed E-state index contributed by atoms with van der Waals surface area (Å²) < 4.78 is 2.09. The van der Waals surface area contributed by atoms with Crippen LogP contribution in [0.1, 0.15) is 32.5 Å². The van der Waals surface area contributed by atoms with E-state index in [4.69, 9.17) is 5.73 Å². The molecule has 1 heterocycles. The molecular formula is C14H27ClN4O. The summed E-state index contributed by atoms with van der Waals surface area (Å²) in [5.74, 6) is 1.27. The lowest BCUT2D eigenvalue weighted by Gasteiger charge is -2.24. The molecule has 0 aliphatic carbocycles. The van der Waals surface area contributed by atoms with Gasteiger partial charge in [0.2, 0.25) is 5.91 Å². The van der Waals surface area contributed by atoms with Crippen molar-refractivity contribution in [2.75, 3.05) is 13.6 Å². The van der Waals surface area contributed by atoms with Gasteiger partial charge in [0.05, 0.1) is 6.04 Å². The lowest BCUT2D eigenvalue weighted by Crippen LogP contribution is -2.45. The van der Waals surface area contributed by atoms with Crippen molar-refractivity contribution in [2.24, 2.45) is 11.7 Å². The van der Waals surface area contributed by atoms with Crippen LogP contribution in [-0.4, -0.2) is 40.0 Å². The number of aromatic nitrogens is 2. The van der Waals surface area contributed by atoms with Crippen molar-refractivity contribution in [1.29, 1.82) is 0 Å². The normalized spacial score (nSPS) is 13.4. The highest BCUT2D eigenvalue weighted by Gasteiger charge is 2.22. The molecular weight excluding hydrogens is 276 g/mol. The molecule has 0 saturated carbocycles. The number of hydrogen-bond acceptors (Lipinski definition) is 3. The summed E-state index contributed by atoms with van der Waals surface area (Å²) in [5, 5.41) is 0. The molecule has 0 aliphatic heterocycles. The fraction of sp³-hybridized carbons (Fsp3) is 0.714. The zero-order valence-corrected chi connectivity index (χ0v) is 13.7. The van der Waals surface area contributed by atoms with Crippen LogP contribution in [0.15, 0.2) is 12.4 Å². The van der Waals surface area contributed by atoms with Crippen molar-refractivity contribution in [3.63, 3.8) is 0 Å². The SMILES string of the molecule is CCC(C)C(N)C(=O)N(C)CCCn1ccnc1C.Cl. The third-order valence-electron chi connectivity index (χ3n) is 3.73. The Hall–Kier alpha value is -1.07. The molecule has 116 valence electrons. The van der Waals surface area contributed by atoms with Gasteiger partial charge in [-0.1, -0.05) is 20.3 Å². The van der Waals surface area contributed by atoms with Crippen LogP contribution in [-0.2, 0) is 11.3 Å². The highest BCUT2D eigenvalue weighted by Crippen LogP contribution is 2.08. The smallest absolute Gasteiger partial charge is 0.239 e. The Morgan fingerprint density at radius 2 is 2.20 bits per heavy atom. The Labute approximate surface area is 127 Å². The maximum absolute atomic E-state index is 12.1. The molecule has 0 bridgehead atoms. The number of carbonyl (C=O) groups is 1. The molecule has 0 aliphatic rings. The second-order valence-corrected chi connectivity index (χ2v) is 5.19. The van der Waals surface area contributed by atoms with Crippen LogP contribution >= 0.6 is 12.4 Å². The Bertz CT molecular complexity index is 408. The van der Waals surface area contributed by atoms with Gasteiger partial charge in [0.15, 0.2) is 0 Å². The maximum atomic E-state index is 12.1. The number of nitrogens with zero attached hydrogens (tertiary/aromatic N) is 3. The molecule has 0 spiro atoms. The molecule has 2 unspecified atom stereocenters. The van der Waals surface area contributed by atoms with Crippen LogP contribution in [0.4, 0.5) is 0 Å². The summed E-state index contributed by atoms with van der Waals surface area (Å²) in [6, 6.07) is -0.384. The van der Waals surface area contributed by atoms with Gasteiger partial charge in [0.1, 0.15) is 5.82 Å². The maximum Gasteiger partial charge on any atom is 0.239 e. The molecule has 1 aromatic heterocycles. The minimum Gasteiger partial charge on any atom is -0.344 e. The molecule has 1 amide bonds. The van der Waals surface area contributed by atoms with Gasteiger partial charge in [-0.25, -0.2) is 4.98 Å². The van der Waals surface area contributed by atoms with Crippen LogP contribution < -0.4 is 5.73 Å². The van der Waals surface area contributed by atoms with Gasteiger partial charge in [0.25, 0.3) is 0 Å². The molecule has 20 heavy (non-hydrogen) atoms. The molecule has 6 heteroatoms. The van der Waals surface area contributed by atoms with E-state index in [0.29, 0.717) is 0 Å². The van der Waals surface area contributed by atoms with Crippen LogP contribution in [0, 0.1) is 12.8 Å². The lowest BCUT2D eigenvalue weighted by molar-refractivity contribution is -0.132. The molecule has 0 fully saturated rings. The Morgan fingerprint density at radius 3 is 2.70 bits per heavy atom. The number of imidazole rings is 1. The van der Waals surface area contributed by atoms with E-state index in [9.17, 15) is 4.79 Å². The van der Waals surface area contributed by atoms with E-state index in [1.807, 2.05) is 27.1 Å². The van der Waals surface area contributed by atoms with Gasteiger partial charge in [-0.05, 0) is 19.3 Å². The van der Waals surface area contributed by atoms with Crippen LogP contribution in [0.2, 0.25) is 0 Å². The average Bonchev–Trinajstić information content (AvgIpc) is 2.81. The molecule has 2 N–H and O–H groups in total. The summed E-state index contributed by atoms with van der Waals surface area (Å²) >= 11 is 0. The van der Waals surface area contributed by atoms with Gasteiger partial charge in [-0.15, -0.1) is 12.4 Å². The highest BCUT2D eigenvalue weighted by atomic mass is 35.5. The number of nitrogens with two attached hydrogens (primary N) is 1. The van der Waals surface area contributed by atoms with E-state index in [2.05, 4.69) is 16.5 Å². The molecule has 2 atom stereocenters. The van der Waals surface area contributed by atoms with Crippen LogP contribution in [0.5, 0.6) is 0 Å². The lowest BCUT2D eigenvalue weighted by atomic mass is 9.99. The van der Waals surface area contributed by atoms with E-state index in [1.165, 1.54) is 0 Å². The zero-order valence-electron chi connectivity index (χ0n) is 12.9. The third-order valence-corrected chi connectivity index (χ3v) is 3.73. The summed E-state index contributed by atoms with van der Waals surface area (Å²) in [6.07, 6.45) is 5.59. The number of rotatable bonds is 7. The minimum atomic E-state index is -0.384. The van der Waals surface area contributed by atoms with E-state index >= 15 is 0 Å². The molecule has 1 rings (SSSR count). The van der Waals surface area contributed by atoms with Gasteiger partial charge in [0, 0.05) is 32.5 Å². The minimum absolute atomic E-state index is 0. The number of likely N-dealkylation sites (N-methyl/N-ethyl adjacent to an activating group) is 1. The Morgan fingerprint density at radius 1 is 1.55 bits per heavy atom. The number of hydrogen-bond donors (Lipinski definition) is 1. The topological polar surface area (TPSA) is 64.2 Å². The van der Waals surface area contributed by atoms with Gasteiger partial charge in [-0.2, -0.15) is 0 Å². The van der Waals surface area contributed by atoms with E-state index in [-0.39, 0.29) is 30.3 Å². The average molecular weight is 303 g/mol. The van der Waals surface area contributed by atoms with E-state index in [1.54, 1.807) is 11.1 Å². The number of amides is 1. The van der Waals surface area contributed by atoms with E-state index in [0.717, 1.165) is 31.8 Å². The summed E-state index contributed by atoms with van der Waals surface area (Å²) in [7, 11) is 1.82. The fourth-order valence-corrected chi connectivity index (χ4v) is 1.98. The van der Waals surface area contributed by atoms with Crippen LogP contribution in [0.3, 0.4) is 0 Å². The second kappa shape index (κ2) is 8.97.